The summed E-state index contributed by atoms with van der Waals surface area (Å²) >= 11 is 0. The van der Waals surface area contributed by atoms with E-state index in [9.17, 15) is 111 Å². The van der Waals surface area contributed by atoms with Crippen LogP contribution in [0.2, 0.25) is 0 Å². The Bertz CT molecular complexity index is 2180. The third kappa shape index (κ3) is 15.8. The number of amides is 3. The predicted octanol–water partition coefficient (Wildman–Crippen LogP) is -14.8. The summed E-state index contributed by atoms with van der Waals surface area (Å²) in [5.41, 5.74) is 0. The number of aliphatic hydroxyl groups excluding tert-OH is 19. The van der Waals surface area contributed by atoms with Crippen molar-refractivity contribution >= 4 is 17.7 Å². The molecule has 7 fully saturated rings. The zero-order valence-electron chi connectivity index (χ0n) is 47.2. The van der Waals surface area contributed by atoms with Crippen LogP contribution in [0.1, 0.15) is 27.7 Å². The highest BCUT2D eigenvalue weighted by atomic mass is 16.8. The van der Waals surface area contributed by atoms with E-state index in [1.165, 1.54) is 6.92 Å². The molecule has 7 aliphatic heterocycles. The minimum atomic E-state index is -2.32. The molecule has 87 heavy (non-hydrogen) atoms. The third-order valence-electron chi connectivity index (χ3n) is 16.0. The Morgan fingerprint density at radius 2 is 0.621 bits per heavy atom. The summed E-state index contributed by atoms with van der Waals surface area (Å²) in [6, 6.07) is -4.66. The SMILES string of the molecule is CC(=O)NC1C(O)[C@H](O[C@@H]2OC(CO)[C@H](O)C(O)[C@@H]2O)[C@H](CO)O[C@H]1O[C@@H]1C(O)[C@H](O)C(CO)O[C@@H]1OCC1O[C@@H](O[C@@H]2C(CO)O[C@@H](O[C@@H]3C(CO)O[C@@H](C)C(NC(C)=O)[C@H]3O)C(NC(C)=O)[C@H]2O)[C@H](O)C(O[C@H]2OC(CO)[C@@H](O)C(O)C2O)[C@@H]1O. The minimum Gasteiger partial charge on any atom is -0.394 e. The van der Waals surface area contributed by atoms with Gasteiger partial charge in [-0.1, -0.05) is 0 Å². The van der Waals surface area contributed by atoms with Gasteiger partial charge in [-0.05, 0) is 6.92 Å². The van der Waals surface area contributed by atoms with Gasteiger partial charge in [-0.3, -0.25) is 14.4 Å². The highest BCUT2D eigenvalue weighted by Crippen LogP contribution is 2.37. The first kappa shape index (κ1) is 71.6. The predicted molar refractivity (Wildman–Crippen MR) is 270 cm³/mol. The first-order valence-electron chi connectivity index (χ1n) is 27.9. The fourth-order valence-corrected chi connectivity index (χ4v) is 11.3. The van der Waals surface area contributed by atoms with Crippen LogP contribution in [-0.4, -0.2) is 376 Å². The van der Waals surface area contributed by atoms with E-state index in [1.54, 1.807) is 0 Å². The van der Waals surface area contributed by atoms with E-state index in [1.807, 2.05) is 0 Å². The number of hydrogen-bond acceptors (Lipinski definition) is 35. The van der Waals surface area contributed by atoms with Crippen molar-refractivity contribution in [2.45, 2.75) is 242 Å². The average molecular weight is 1270 g/mol. The number of carbonyl (C=O) groups excluding carboxylic acids is 3. The highest BCUT2D eigenvalue weighted by molar-refractivity contribution is 5.74. The van der Waals surface area contributed by atoms with E-state index < -0.39 is 279 Å². The van der Waals surface area contributed by atoms with E-state index in [4.69, 9.17) is 61.6 Å². The number of rotatable bonds is 22. The van der Waals surface area contributed by atoms with Crippen LogP contribution >= 0.6 is 0 Å². The molecule has 3 amide bonds. The lowest BCUT2D eigenvalue weighted by atomic mass is 9.92. The van der Waals surface area contributed by atoms with Gasteiger partial charge >= 0.3 is 0 Å². The molecule has 0 aromatic carbocycles. The summed E-state index contributed by atoms with van der Waals surface area (Å²) in [6.07, 6.45) is -60.6. The smallest absolute Gasteiger partial charge is 0.217 e. The van der Waals surface area contributed by atoms with Crippen molar-refractivity contribution in [3.63, 3.8) is 0 Å². The molecule has 35 atom stereocenters. The topological polar surface area (TPSA) is 592 Å². The molecule has 38 nitrogen and oxygen atoms in total. The molecule has 7 heterocycles. The monoisotopic (exact) mass is 1270 g/mol. The van der Waals surface area contributed by atoms with E-state index in [0.717, 1.165) is 20.8 Å². The summed E-state index contributed by atoms with van der Waals surface area (Å²) in [5.74, 6) is -2.27. The fourth-order valence-electron chi connectivity index (χ4n) is 11.3. The van der Waals surface area contributed by atoms with Crippen molar-refractivity contribution in [3.8, 4) is 0 Å². The first-order valence-corrected chi connectivity index (χ1v) is 27.9. The van der Waals surface area contributed by atoms with Gasteiger partial charge in [0.1, 0.15) is 165 Å². The Labute approximate surface area is 494 Å². The van der Waals surface area contributed by atoms with Crippen LogP contribution in [0.15, 0.2) is 0 Å². The Morgan fingerprint density at radius 3 is 1.03 bits per heavy atom. The van der Waals surface area contributed by atoms with E-state index in [2.05, 4.69) is 16.0 Å². The second-order valence-corrected chi connectivity index (χ2v) is 22.1. The molecule has 0 aliphatic carbocycles. The summed E-state index contributed by atoms with van der Waals surface area (Å²) in [6.45, 7) is -2.10. The van der Waals surface area contributed by atoms with E-state index in [-0.39, 0.29) is 0 Å². The van der Waals surface area contributed by atoms with E-state index >= 15 is 0 Å². The fraction of sp³-hybridized carbons (Fsp3) is 0.939. The number of hydrogen-bond donors (Lipinski definition) is 22. The molecular formula is C49H83N3O35. The molecule has 0 aromatic rings. The van der Waals surface area contributed by atoms with Crippen LogP contribution in [0.3, 0.4) is 0 Å². The maximum atomic E-state index is 12.7. The second kappa shape index (κ2) is 31.2. The molecule has 0 saturated carbocycles. The Balaban J connectivity index is 1.17. The Morgan fingerprint density at radius 1 is 0.310 bits per heavy atom. The molecule has 7 rings (SSSR count). The Kier molecular flexibility index (Phi) is 25.6. The van der Waals surface area contributed by atoms with Crippen LogP contribution in [0.25, 0.3) is 0 Å². The molecule has 0 spiro atoms. The van der Waals surface area contributed by atoms with Crippen LogP contribution in [0.5, 0.6) is 0 Å². The van der Waals surface area contributed by atoms with Gasteiger partial charge in [0.15, 0.2) is 37.7 Å². The lowest BCUT2D eigenvalue weighted by Crippen LogP contribution is -2.70. The highest BCUT2D eigenvalue weighted by Gasteiger charge is 2.58. The van der Waals surface area contributed by atoms with Crippen molar-refractivity contribution in [2.75, 3.05) is 46.2 Å². The summed E-state index contributed by atoms with van der Waals surface area (Å²) < 4.78 is 76.2. The lowest BCUT2D eigenvalue weighted by Gasteiger charge is -2.50. The molecule has 15 unspecified atom stereocenters. The van der Waals surface area contributed by atoms with Gasteiger partial charge in [0, 0.05) is 20.8 Å². The number of ether oxygens (including phenoxy) is 13. The third-order valence-corrected chi connectivity index (χ3v) is 16.0. The zero-order chi connectivity index (χ0) is 64.2. The van der Waals surface area contributed by atoms with Crippen LogP contribution in [-0.2, 0) is 76.0 Å². The molecule has 0 bridgehead atoms. The van der Waals surface area contributed by atoms with Crippen molar-refractivity contribution < 1.29 is 173 Å². The molecule has 0 aromatic heterocycles. The van der Waals surface area contributed by atoms with Gasteiger partial charge in [0.05, 0.1) is 58.4 Å². The molecule has 7 saturated heterocycles. The summed E-state index contributed by atoms with van der Waals surface area (Å²) in [4.78, 5) is 37.5. The summed E-state index contributed by atoms with van der Waals surface area (Å²) in [7, 11) is 0. The lowest BCUT2D eigenvalue weighted by molar-refractivity contribution is -0.388. The van der Waals surface area contributed by atoms with Gasteiger partial charge < -0.3 is 175 Å². The normalized spacial score (nSPS) is 48.9. The van der Waals surface area contributed by atoms with Crippen LogP contribution < -0.4 is 16.0 Å². The van der Waals surface area contributed by atoms with Crippen LogP contribution in [0.4, 0.5) is 0 Å². The minimum absolute atomic E-state index is 0.578. The van der Waals surface area contributed by atoms with Gasteiger partial charge in [0.2, 0.25) is 17.7 Å². The zero-order valence-corrected chi connectivity index (χ0v) is 47.2. The summed E-state index contributed by atoms with van der Waals surface area (Å²) in [5, 5.41) is 214. The van der Waals surface area contributed by atoms with Crippen LogP contribution in [0, 0.1) is 0 Å². The van der Waals surface area contributed by atoms with Gasteiger partial charge in [0.25, 0.3) is 0 Å². The number of aliphatic hydroxyl groups is 19. The molecule has 38 heteroatoms. The molecule has 7 aliphatic rings. The number of carbonyl (C=O) groups is 3. The quantitative estimate of drug-likeness (QED) is 0.0479. The second-order valence-electron chi connectivity index (χ2n) is 22.1. The van der Waals surface area contributed by atoms with Crippen molar-refractivity contribution in [1.29, 1.82) is 0 Å². The molecule has 22 N–H and O–H groups in total. The van der Waals surface area contributed by atoms with Gasteiger partial charge in [-0.2, -0.15) is 0 Å². The maximum absolute atomic E-state index is 12.7. The standard InChI is InChI=1S/C49H83N3O35/c1-12-23(50-13(2)59)30(66)39(19(8-56)76-12)83-44-24(51-14(3)60)31(67)41(21(10-58)80-44)85-48-38(74)42(86-47-37(73)34(70)27(63)17(6-54)78-47)29(65)22(82-48)11-75-49-43(35(71)28(64)18(7-55)79-49)87-45-25(52-15(4)61)32(68)40(20(9-57)81-45)84-46-36(72)33(69)26(62)16(5-53)77-46/h12,16-49,53-58,62-74H,5-11H2,1-4H3,(H,50,59)(H,51,60)(H,52,61)/t12-,16?,17?,18?,19?,20-,21?,22?,23?,24?,25?,26-,27+,28+,29+,30+,31+,32?,33?,34?,35?,36-,37?,38+,39+,40+,41+,42?,43+,44-,45-,46-,47+,48-,49-/m0/s1. The average Bonchev–Trinajstić information content (AvgIpc) is 1.01. The number of nitrogens with one attached hydrogen (secondary N) is 3. The van der Waals surface area contributed by atoms with E-state index in [0.29, 0.717) is 0 Å². The largest absolute Gasteiger partial charge is 0.394 e. The molecule has 0 radical (unpaired) electrons. The van der Waals surface area contributed by atoms with Gasteiger partial charge in [-0.15, -0.1) is 0 Å². The first-order chi connectivity index (χ1) is 41.1. The Hall–Kier alpha value is -2.87. The molecule has 504 valence electrons. The maximum Gasteiger partial charge on any atom is 0.217 e. The molecular weight excluding hydrogens is 1190 g/mol. The van der Waals surface area contributed by atoms with Gasteiger partial charge in [-0.25, -0.2) is 0 Å². The van der Waals surface area contributed by atoms with Crippen molar-refractivity contribution in [1.82, 2.24) is 16.0 Å². The van der Waals surface area contributed by atoms with Crippen molar-refractivity contribution in [3.05, 3.63) is 0 Å². The van der Waals surface area contributed by atoms with Crippen molar-refractivity contribution in [2.24, 2.45) is 0 Å².